The molecule has 0 saturated heterocycles. The Hall–Kier alpha value is -3.01. The molecule has 1 amide bonds. The molecule has 24 heavy (non-hydrogen) atoms. The highest BCUT2D eigenvalue weighted by atomic mass is 16.5. The number of nitrogens with one attached hydrogen (secondary N) is 2. The van der Waals surface area contributed by atoms with Crippen LogP contribution in [0.5, 0.6) is 5.75 Å². The van der Waals surface area contributed by atoms with Crippen molar-refractivity contribution in [2.75, 3.05) is 27.3 Å². The Bertz CT molecular complexity index is 618. The van der Waals surface area contributed by atoms with Gasteiger partial charge in [-0.15, -0.1) is 0 Å². The molecule has 0 heterocycles. The van der Waals surface area contributed by atoms with Crippen LogP contribution in [0.15, 0.2) is 36.0 Å². The molecule has 0 spiro atoms. The quantitative estimate of drug-likeness (QED) is 0.302. The number of esters is 1. The van der Waals surface area contributed by atoms with E-state index in [2.05, 4.69) is 15.4 Å². The minimum atomic E-state index is -0.462. The summed E-state index contributed by atoms with van der Waals surface area (Å²) in [6.07, 6.45) is 2.10. The van der Waals surface area contributed by atoms with Crippen molar-refractivity contribution < 1.29 is 19.1 Å². The lowest BCUT2D eigenvalue weighted by molar-refractivity contribution is -0.140. The fourth-order valence-electron chi connectivity index (χ4n) is 1.81. The molecular weight excluding hydrogens is 310 g/mol. The zero-order valence-electron chi connectivity index (χ0n) is 13.8. The molecule has 0 fully saturated rings. The van der Waals surface area contributed by atoms with Crippen LogP contribution in [0.1, 0.15) is 12.0 Å². The SMILES string of the molecule is COC(=O)CCN/C=C(/C#N)C(=O)NCCc1ccc(OC)cc1. The summed E-state index contributed by atoms with van der Waals surface area (Å²) in [5.74, 6) is -0.0505. The number of hydrogen-bond donors (Lipinski definition) is 2. The number of amides is 1. The third-order valence-corrected chi connectivity index (χ3v) is 3.17. The fourth-order valence-corrected chi connectivity index (χ4v) is 1.81. The predicted molar refractivity (Wildman–Crippen MR) is 88.0 cm³/mol. The van der Waals surface area contributed by atoms with Crippen LogP contribution < -0.4 is 15.4 Å². The van der Waals surface area contributed by atoms with Crippen LogP contribution in [0.4, 0.5) is 0 Å². The van der Waals surface area contributed by atoms with Crippen molar-refractivity contribution in [1.82, 2.24) is 10.6 Å². The molecule has 128 valence electrons. The molecule has 2 N–H and O–H groups in total. The first kappa shape index (κ1) is 19.0. The molecule has 7 heteroatoms. The van der Waals surface area contributed by atoms with Gasteiger partial charge >= 0.3 is 5.97 Å². The van der Waals surface area contributed by atoms with E-state index in [9.17, 15) is 9.59 Å². The second-order valence-corrected chi connectivity index (χ2v) is 4.80. The van der Waals surface area contributed by atoms with Crippen molar-refractivity contribution in [3.05, 3.63) is 41.6 Å². The van der Waals surface area contributed by atoms with E-state index in [4.69, 9.17) is 10.00 Å². The second-order valence-electron chi connectivity index (χ2n) is 4.80. The van der Waals surface area contributed by atoms with Gasteiger partial charge in [0.2, 0.25) is 0 Å². The third kappa shape index (κ3) is 6.83. The lowest BCUT2D eigenvalue weighted by Gasteiger charge is -2.06. The standard InChI is InChI=1S/C17H21N3O4/c1-23-15-5-3-13(4-6-15)7-10-20-17(22)14(11-18)12-19-9-8-16(21)24-2/h3-6,12,19H,7-10H2,1-2H3,(H,20,22)/b14-12-. The molecule has 1 aromatic rings. The van der Waals surface area contributed by atoms with Gasteiger partial charge in [0.05, 0.1) is 20.6 Å². The lowest BCUT2D eigenvalue weighted by atomic mass is 10.1. The Balaban J connectivity index is 2.38. The van der Waals surface area contributed by atoms with Gasteiger partial charge in [0.25, 0.3) is 5.91 Å². The Labute approximate surface area is 141 Å². The topological polar surface area (TPSA) is 100 Å². The van der Waals surface area contributed by atoms with Crippen molar-refractivity contribution >= 4 is 11.9 Å². The van der Waals surface area contributed by atoms with Crippen LogP contribution in [-0.2, 0) is 20.7 Å². The van der Waals surface area contributed by atoms with Gasteiger partial charge < -0.3 is 20.1 Å². The Kier molecular flexibility index (Phi) is 8.47. The van der Waals surface area contributed by atoms with E-state index in [1.807, 2.05) is 30.3 Å². The van der Waals surface area contributed by atoms with Crippen LogP contribution in [-0.4, -0.2) is 39.2 Å². The third-order valence-electron chi connectivity index (χ3n) is 3.17. The average molecular weight is 331 g/mol. The fraction of sp³-hybridized carbons (Fsp3) is 0.353. The largest absolute Gasteiger partial charge is 0.497 e. The monoisotopic (exact) mass is 331 g/mol. The Morgan fingerprint density at radius 2 is 1.92 bits per heavy atom. The van der Waals surface area contributed by atoms with Gasteiger partial charge in [-0.25, -0.2) is 0 Å². The number of carbonyl (C=O) groups is 2. The van der Waals surface area contributed by atoms with E-state index in [1.54, 1.807) is 7.11 Å². The van der Waals surface area contributed by atoms with Gasteiger partial charge in [-0.3, -0.25) is 9.59 Å². The summed E-state index contributed by atoms with van der Waals surface area (Å²) in [7, 11) is 2.90. The zero-order valence-corrected chi connectivity index (χ0v) is 13.8. The van der Waals surface area contributed by atoms with Gasteiger partial charge in [-0.2, -0.15) is 5.26 Å². The highest BCUT2D eigenvalue weighted by Gasteiger charge is 2.08. The van der Waals surface area contributed by atoms with Gasteiger partial charge in [0.15, 0.2) is 0 Å². The molecule has 0 bridgehead atoms. The molecule has 0 aliphatic carbocycles. The first-order valence-corrected chi connectivity index (χ1v) is 7.42. The molecule has 0 radical (unpaired) electrons. The van der Waals surface area contributed by atoms with Crippen LogP contribution in [0.25, 0.3) is 0 Å². The summed E-state index contributed by atoms with van der Waals surface area (Å²) in [6, 6.07) is 9.36. The van der Waals surface area contributed by atoms with Gasteiger partial charge in [0.1, 0.15) is 17.4 Å². The molecule has 1 rings (SSSR count). The van der Waals surface area contributed by atoms with Crippen LogP contribution >= 0.6 is 0 Å². The summed E-state index contributed by atoms with van der Waals surface area (Å²) in [4.78, 5) is 22.8. The van der Waals surface area contributed by atoms with Gasteiger partial charge in [0, 0.05) is 19.3 Å². The van der Waals surface area contributed by atoms with Crippen molar-refractivity contribution in [2.24, 2.45) is 0 Å². The van der Waals surface area contributed by atoms with Crippen molar-refractivity contribution in [1.29, 1.82) is 5.26 Å². The molecular formula is C17H21N3O4. The number of methoxy groups -OCH3 is 2. The van der Waals surface area contributed by atoms with Crippen molar-refractivity contribution in [3.63, 3.8) is 0 Å². The normalized spacial score (nSPS) is 10.5. The van der Waals surface area contributed by atoms with E-state index in [1.165, 1.54) is 13.3 Å². The molecule has 7 nitrogen and oxygen atoms in total. The summed E-state index contributed by atoms with van der Waals surface area (Å²) in [5.41, 5.74) is 1.00. The van der Waals surface area contributed by atoms with Crippen molar-refractivity contribution in [3.8, 4) is 11.8 Å². The summed E-state index contributed by atoms with van der Waals surface area (Å²) < 4.78 is 9.57. The predicted octanol–water partition coefficient (Wildman–Crippen LogP) is 0.914. The minimum absolute atomic E-state index is 0.0467. The maximum absolute atomic E-state index is 11.9. The molecule has 1 aromatic carbocycles. The number of ether oxygens (including phenoxy) is 2. The number of rotatable bonds is 9. The van der Waals surface area contributed by atoms with E-state index in [-0.39, 0.29) is 24.5 Å². The van der Waals surface area contributed by atoms with Crippen LogP contribution in [0, 0.1) is 11.3 Å². The zero-order chi connectivity index (χ0) is 17.8. The summed E-state index contributed by atoms with van der Waals surface area (Å²) >= 11 is 0. The molecule has 0 unspecified atom stereocenters. The van der Waals surface area contributed by atoms with Crippen LogP contribution in [0.3, 0.4) is 0 Å². The van der Waals surface area contributed by atoms with E-state index in [0.29, 0.717) is 13.0 Å². The molecule has 0 aromatic heterocycles. The highest BCUT2D eigenvalue weighted by Crippen LogP contribution is 2.11. The average Bonchev–Trinajstić information content (AvgIpc) is 2.61. The molecule has 0 saturated carbocycles. The van der Waals surface area contributed by atoms with E-state index in [0.717, 1.165) is 11.3 Å². The summed E-state index contributed by atoms with van der Waals surface area (Å²) in [5, 5.41) is 14.4. The Morgan fingerprint density at radius 1 is 1.21 bits per heavy atom. The number of nitriles is 1. The molecule has 0 aliphatic heterocycles. The first-order chi connectivity index (χ1) is 11.6. The van der Waals surface area contributed by atoms with E-state index < -0.39 is 5.91 Å². The minimum Gasteiger partial charge on any atom is -0.497 e. The maximum Gasteiger partial charge on any atom is 0.307 e. The van der Waals surface area contributed by atoms with E-state index >= 15 is 0 Å². The number of hydrogen-bond acceptors (Lipinski definition) is 6. The number of carbonyl (C=O) groups excluding carboxylic acids is 2. The second kappa shape index (κ2) is 10.7. The lowest BCUT2D eigenvalue weighted by Crippen LogP contribution is -2.28. The summed E-state index contributed by atoms with van der Waals surface area (Å²) in [6.45, 7) is 0.698. The van der Waals surface area contributed by atoms with Gasteiger partial charge in [-0.1, -0.05) is 12.1 Å². The van der Waals surface area contributed by atoms with Crippen LogP contribution in [0.2, 0.25) is 0 Å². The smallest absolute Gasteiger partial charge is 0.307 e. The molecule has 0 aliphatic rings. The first-order valence-electron chi connectivity index (χ1n) is 7.42. The maximum atomic E-state index is 11.9. The highest BCUT2D eigenvalue weighted by molar-refractivity contribution is 5.97. The Morgan fingerprint density at radius 3 is 2.50 bits per heavy atom. The number of nitrogens with zero attached hydrogens (tertiary/aromatic N) is 1. The van der Waals surface area contributed by atoms with Gasteiger partial charge in [-0.05, 0) is 24.1 Å². The van der Waals surface area contributed by atoms with Crippen molar-refractivity contribution in [2.45, 2.75) is 12.8 Å². The number of benzene rings is 1. The molecule has 0 atom stereocenters.